The first-order valence-electron chi connectivity index (χ1n) is 9.18. The molecule has 0 spiro atoms. The number of fused-ring (bicyclic) bond motifs is 1. The van der Waals surface area contributed by atoms with Crippen LogP contribution in [0.4, 0.5) is 5.95 Å². The van der Waals surface area contributed by atoms with E-state index in [2.05, 4.69) is 45.8 Å². The minimum absolute atomic E-state index is 0.00186. The number of aryl methyl sites for hydroxylation is 1. The summed E-state index contributed by atoms with van der Waals surface area (Å²) >= 11 is 0. The molecular formula is C19H25N7. The third-order valence-electron chi connectivity index (χ3n) is 4.97. The molecule has 3 aromatic rings. The molecule has 0 unspecified atom stereocenters. The van der Waals surface area contributed by atoms with E-state index in [9.17, 15) is 0 Å². The van der Waals surface area contributed by atoms with E-state index in [-0.39, 0.29) is 5.41 Å². The number of anilines is 1. The zero-order valence-electron chi connectivity index (χ0n) is 15.8. The lowest BCUT2D eigenvalue weighted by molar-refractivity contribution is 0.468. The molecule has 0 bridgehead atoms. The van der Waals surface area contributed by atoms with Gasteiger partial charge in [-0.1, -0.05) is 20.8 Å². The van der Waals surface area contributed by atoms with Gasteiger partial charge in [0.15, 0.2) is 11.5 Å². The molecule has 1 saturated heterocycles. The van der Waals surface area contributed by atoms with Gasteiger partial charge in [0.05, 0.1) is 5.69 Å². The molecule has 3 aromatic heterocycles. The lowest BCUT2D eigenvalue weighted by Gasteiger charge is -2.31. The lowest BCUT2D eigenvalue weighted by atomic mass is 9.92. The Balaban J connectivity index is 1.55. The molecule has 0 aliphatic carbocycles. The third kappa shape index (κ3) is 3.13. The first-order chi connectivity index (χ1) is 12.4. The average Bonchev–Trinajstić information content (AvgIpc) is 3.05. The van der Waals surface area contributed by atoms with Crippen molar-refractivity contribution in [1.29, 1.82) is 0 Å². The number of nitrogens with zero attached hydrogens (tertiary/aromatic N) is 7. The Morgan fingerprint density at radius 2 is 1.69 bits per heavy atom. The number of hydrogen-bond donors (Lipinski definition) is 0. The number of hydrogen-bond acceptors (Lipinski definition) is 6. The third-order valence-corrected chi connectivity index (χ3v) is 4.97. The maximum atomic E-state index is 4.82. The molecule has 1 aliphatic heterocycles. The van der Waals surface area contributed by atoms with E-state index in [0.717, 1.165) is 54.6 Å². The van der Waals surface area contributed by atoms with Gasteiger partial charge in [-0.15, -0.1) is 10.2 Å². The number of piperidine rings is 1. The zero-order chi connectivity index (χ0) is 18.3. The van der Waals surface area contributed by atoms with Crippen molar-refractivity contribution in [3.8, 4) is 0 Å². The SMILES string of the molecule is Cc1cnc(N2CCC(c3nnc4ccc(C(C)(C)C)nn34)CC2)nc1. The fraction of sp³-hybridized carbons (Fsp3) is 0.526. The maximum Gasteiger partial charge on any atom is 0.225 e. The van der Waals surface area contributed by atoms with E-state index >= 15 is 0 Å². The molecular weight excluding hydrogens is 326 g/mol. The summed E-state index contributed by atoms with van der Waals surface area (Å²) in [5.41, 5.74) is 2.95. The summed E-state index contributed by atoms with van der Waals surface area (Å²) < 4.78 is 1.93. The molecule has 4 rings (SSSR count). The molecule has 0 amide bonds. The van der Waals surface area contributed by atoms with Crippen LogP contribution < -0.4 is 4.90 Å². The molecule has 7 heteroatoms. The van der Waals surface area contributed by atoms with E-state index < -0.39 is 0 Å². The minimum Gasteiger partial charge on any atom is -0.341 e. The Labute approximate surface area is 153 Å². The quantitative estimate of drug-likeness (QED) is 0.707. The van der Waals surface area contributed by atoms with E-state index in [1.165, 1.54) is 0 Å². The highest BCUT2D eigenvalue weighted by Gasteiger charge is 2.27. The standard InChI is InChI=1S/C19H25N7/c1-13-11-20-18(21-12-13)25-9-7-14(8-10-25)17-23-22-16-6-5-15(19(2,3)4)24-26(16)17/h5-6,11-12,14H,7-10H2,1-4H3. The predicted molar refractivity (Wildman–Crippen MR) is 100 cm³/mol. The second-order valence-electron chi connectivity index (χ2n) is 8.12. The van der Waals surface area contributed by atoms with Crippen LogP contribution in [0.15, 0.2) is 24.5 Å². The van der Waals surface area contributed by atoms with Gasteiger partial charge in [-0.25, -0.2) is 9.97 Å². The summed E-state index contributed by atoms with van der Waals surface area (Å²) in [6.07, 6.45) is 5.75. The monoisotopic (exact) mass is 351 g/mol. The second kappa shape index (κ2) is 6.30. The largest absolute Gasteiger partial charge is 0.341 e. The van der Waals surface area contributed by atoms with Gasteiger partial charge < -0.3 is 4.90 Å². The molecule has 0 N–H and O–H groups in total. The van der Waals surface area contributed by atoms with Gasteiger partial charge >= 0.3 is 0 Å². The van der Waals surface area contributed by atoms with Gasteiger partial charge in [0.2, 0.25) is 5.95 Å². The van der Waals surface area contributed by atoms with Crippen molar-refractivity contribution in [2.75, 3.05) is 18.0 Å². The van der Waals surface area contributed by atoms with Crippen LogP contribution in [-0.4, -0.2) is 42.9 Å². The Morgan fingerprint density at radius 1 is 1.00 bits per heavy atom. The van der Waals surface area contributed by atoms with Crippen LogP contribution in [0.25, 0.3) is 5.65 Å². The van der Waals surface area contributed by atoms with E-state index in [1.54, 1.807) is 0 Å². The molecule has 26 heavy (non-hydrogen) atoms. The first kappa shape index (κ1) is 16.9. The fourth-order valence-electron chi connectivity index (χ4n) is 3.35. The van der Waals surface area contributed by atoms with E-state index in [0.29, 0.717) is 5.92 Å². The molecule has 1 fully saturated rings. The highest BCUT2D eigenvalue weighted by molar-refractivity contribution is 5.38. The molecule has 0 atom stereocenters. The Morgan fingerprint density at radius 3 is 2.35 bits per heavy atom. The van der Waals surface area contributed by atoms with Crippen LogP contribution in [0.2, 0.25) is 0 Å². The predicted octanol–water partition coefficient (Wildman–Crippen LogP) is 2.90. The molecule has 136 valence electrons. The van der Waals surface area contributed by atoms with Crippen molar-refractivity contribution < 1.29 is 0 Å². The smallest absolute Gasteiger partial charge is 0.225 e. The van der Waals surface area contributed by atoms with Gasteiger partial charge in [-0.2, -0.15) is 9.61 Å². The lowest BCUT2D eigenvalue weighted by Crippen LogP contribution is -2.34. The molecule has 7 nitrogen and oxygen atoms in total. The average molecular weight is 351 g/mol. The van der Waals surface area contributed by atoms with Crippen molar-refractivity contribution in [1.82, 2.24) is 29.8 Å². The molecule has 1 aliphatic rings. The number of rotatable bonds is 2. The number of aromatic nitrogens is 6. The van der Waals surface area contributed by atoms with E-state index in [1.807, 2.05) is 36.0 Å². The Kier molecular flexibility index (Phi) is 4.09. The summed E-state index contributed by atoms with van der Waals surface area (Å²) in [7, 11) is 0. The first-order valence-corrected chi connectivity index (χ1v) is 9.18. The van der Waals surface area contributed by atoms with Gasteiger partial charge in [0.1, 0.15) is 0 Å². The zero-order valence-corrected chi connectivity index (χ0v) is 15.8. The topological polar surface area (TPSA) is 72.1 Å². The van der Waals surface area contributed by atoms with Crippen molar-refractivity contribution in [2.45, 2.75) is 51.9 Å². The van der Waals surface area contributed by atoms with Crippen LogP contribution in [0.3, 0.4) is 0 Å². The van der Waals surface area contributed by atoms with Crippen molar-refractivity contribution in [2.24, 2.45) is 0 Å². The highest BCUT2D eigenvalue weighted by Crippen LogP contribution is 2.29. The summed E-state index contributed by atoms with van der Waals surface area (Å²) in [5, 5.41) is 13.6. The minimum atomic E-state index is 0.00186. The summed E-state index contributed by atoms with van der Waals surface area (Å²) in [4.78, 5) is 11.1. The van der Waals surface area contributed by atoms with Crippen LogP contribution in [0.5, 0.6) is 0 Å². The molecule has 0 aromatic carbocycles. The van der Waals surface area contributed by atoms with Crippen LogP contribution in [0, 0.1) is 6.92 Å². The van der Waals surface area contributed by atoms with Gasteiger partial charge in [0, 0.05) is 36.8 Å². The molecule has 4 heterocycles. The van der Waals surface area contributed by atoms with Gasteiger partial charge in [0.25, 0.3) is 0 Å². The maximum absolute atomic E-state index is 4.82. The molecule has 0 saturated carbocycles. The Bertz CT molecular complexity index is 900. The van der Waals surface area contributed by atoms with Crippen molar-refractivity contribution in [3.63, 3.8) is 0 Å². The molecule has 0 radical (unpaired) electrons. The van der Waals surface area contributed by atoms with Crippen LogP contribution in [0.1, 0.15) is 56.6 Å². The second-order valence-corrected chi connectivity index (χ2v) is 8.12. The van der Waals surface area contributed by atoms with E-state index in [4.69, 9.17) is 5.10 Å². The van der Waals surface area contributed by atoms with Crippen LogP contribution in [-0.2, 0) is 5.41 Å². The Hall–Kier alpha value is -2.57. The summed E-state index contributed by atoms with van der Waals surface area (Å²) in [6.45, 7) is 10.4. The van der Waals surface area contributed by atoms with Crippen molar-refractivity contribution in [3.05, 3.63) is 41.6 Å². The summed E-state index contributed by atoms with van der Waals surface area (Å²) in [5.74, 6) is 2.14. The van der Waals surface area contributed by atoms with Gasteiger partial charge in [-0.05, 0) is 37.5 Å². The van der Waals surface area contributed by atoms with Crippen molar-refractivity contribution >= 4 is 11.6 Å². The van der Waals surface area contributed by atoms with Gasteiger partial charge in [-0.3, -0.25) is 0 Å². The normalized spacial score (nSPS) is 16.4. The van der Waals surface area contributed by atoms with Crippen LogP contribution >= 0.6 is 0 Å². The fourth-order valence-corrected chi connectivity index (χ4v) is 3.35. The highest BCUT2D eigenvalue weighted by atomic mass is 15.4. The summed E-state index contributed by atoms with van der Waals surface area (Å²) in [6, 6.07) is 4.06.